The van der Waals surface area contributed by atoms with Crippen LogP contribution in [0.15, 0.2) is 30.3 Å². The molecule has 1 heterocycles. The standard InChI is InChI=1S/C13H16N2O/c14-8-12(11-4-2-1-3-5-11)9-15-7-6-13(16)10-15/h1-5,12-13,16H,6-7,9-10H2. The second-order valence-corrected chi connectivity index (χ2v) is 4.29. The summed E-state index contributed by atoms with van der Waals surface area (Å²) in [5, 5.41) is 18.6. The van der Waals surface area contributed by atoms with Crippen LogP contribution in [0.3, 0.4) is 0 Å². The maximum Gasteiger partial charge on any atom is 0.0839 e. The van der Waals surface area contributed by atoms with Gasteiger partial charge in [0.2, 0.25) is 0 Å². The molecule has 1 aliphatic heterocycles. The molecule has 0 amide bonds. The minimum Gasteiger partial charge on any atom is -0.392 e. The Morgan fingerprint density at radius 1 is 1.44 bits per heavy atom. The number of likely N-dealkylation sites (tertiary alicyclic amines) is 1. The SMILES string of the molecule is N#CC(CN1CCC(O)C1)c1ccccc1. The lowest BCUT2D eigenvalue weighted by Gasteiger charge is -2.18. The minimum absolute atomic E-state index is 0.0912. The van der Waals surface area contributed by atoms with E-state index in [0.29, 0.717) is 6.54 Å². The average molecular weight is 216 g/mol. The Hall–Kier alpha value is -1.37. The lowest BCUT2D eigenvalue weighted by atomic mass is 10.0. The van der Waals surface area contributed by atoms with E-state index in [2.05, 4.69) is 11.0 Å². The molecule has 1 aromatic rings. The van der Waals surface area contributed by atoms with E-state index in [0.717, 1.165) is 25.1 Å². The second kappa shape index (κ2) is 5.11. The molecule has 0 saturated carbocycles. The summed E-state index contributed by atoms with van der Waals surface area (Å²) >= 11 is 0. The first-order valence-electron chi connectivity index (χ1n) is 5.64. The summed E-state index contributed by atoms with van der Waals surface area (Å²) in [5.41, 5.74) is 1.06. The van der Waals surface area contributed by atoms with E-state index >= 15 is 0 Å². The van der Waals surface area contributed by atoms with Crippen LogP contribution in [-0.2, 0) is 0 Å². The van der Waals surface area contributed by atoms with Gasteiger partial charge in [-0.1, -0.05) is 30.3 Å². The van der Waals surface area contributed by atoms with Gasteiger partial charge in [0, 0.05) is 19.6 Å². The minimum atomic E-state index is -0.213. The number of nitrogens with zero attached hydrogens (tertiary/aromatic N) is 2. The molecule has 1 saturated heterocycles. The van der Waals surface area contributed by atoms with Crippen LogP contribution in [0, 0.1) is 11.3 Å². The summed E-state index contributed by atoms with van der Waals surface area (Å²) in [6, 6.07) is 12.2. The normalized spacial score (nSPS) is 22.9. The lowest BCUT2D eigenvalue weighted by Crippen LogP contribution is -2.27. The summed E-state index contributed by atoms with van der Waals surface area (Å²) < 4.78 is 0. The van der Waals surface area contributed by atoms with Gasteiger partial charge in [0.15, 0.2) is 0 Å². The molecule has 1 N–H and O–H groups in total. The van der Waals surface area contributed by atoms with Crippen molar-refractivity contribution in [3.8, 4) is 6.07 Å². The molecule has 84 valence electrons. The molecular weight excluding hydrogens is 200 g/mol. The highest BCUT2D eigenvalue weighted by Crippen LogP contribution is 2.19. The fraction of sp³-hybridized carbons (Fsp3) is 0.462. The number of aliphatic hydroxyl groups excluding tert-OH is 1. The molecule has 3 nitrogen and oxygen atoms in total. The molecule has 0 bridgehead atoms. The van der Waals surface area contributed by atoms with Crippen molar-refractivity contribution >= 4 is 0 Å². The van der Waals surface area contributed by atoms with Gasteiger partial charge in [-0.15, -0.1) is 0 Å². The van der Waals surface area contributed by atoms with Gasteiger partial charge >= 0.3 is 0 Å². The van der Waals surface area contributed by atoms with Crippen LogP contribution >= 0.6 is 0 Å². The first kappa shape index (κ1) is 11.1. The number of β-amino-alcohol motifs (C(OH)–C–C–N with tert-alkyl or cyclic N) is 1. The number of hydrogen-bond donors (Lipinski definition) is 1. The van der Waals surface area contributed by atoms with Crippen LogP contribution in [0.25, 0.3) is 0 Å². The fourth-order valence-electron chi connectivity index (χ4n) is 2.14. The van der Waals surface area contributed by atoms with E-state index in [1.165, 1.54) is 0 Å². The summed E-state index contributed by atoms with van der Waals surface area (Å²) in [4.78, 5) is 2.16. The quantitative estimate of drug-likeness (QED) is 0.830. The largest absolute Gasteiger partial charge is 0.392 e. The van der Waals surface area contributed by atoms with E-state index in [1.807, 2.05) is 30.3 Å². The molecule has 0 radical (unpaired) electrons. The predicted molar refractivity (Wildman–Crippen MR) is 61.9 cm³/mol. The van der Waals surface area contributed by atoms with Crippen LogP contribution in [0.4, 0.5) is 0 Å². The molecule has 2 rings (SSSR count). The summed E-state index contributed by atoms with van der Waals surface area (Å²) in [6.07, 6.45) is 0.613. The van der Waals surface area contributed by atoms with Gasteiger partial charge < -0.3 is 5.11 Å². The molecule has 1 aromatic carbocycles. The maximum absolute atomic E-state index is 9.43. The van der Waals surface area contributed by atoms with Crippen LogP contribution < -0.4 is 0 Å². The van der Waals surface area contributed by atoms with Crippen molar-refractivity contribution in [3.05, 3.63) is 35.9 Å². The molecule has 2 unspecified atom stereocenters. The Kier molecular flexibility index (Phi) is 3.55. The van der Waals surface area contributed by atoms with Crippen molar-refractivity contribution in [2.75, 3.05) is 19.6 Å². The van der Waals surface area contributed by atoms with Gasteiger partial charge in [-0.2, -0.15) is 5.26 Å². The number of aliphatic hydroxyl groups is 1. The molecule has 0 aromatic heterocycles. The Labute approximate surface area is 95.9 Å². The molecule has 16 heavy (non-hydrogen) atoms. The molecule has 0 spiro atoms. The molecule has 1 aliphatic rings. The number of benzene rings is 1. The zero-order valence-corrected chi connectivity index (χ0v) is 9.21. The summed E-state index contributed by atoms with van der Waals surface area (Å²) in [7, 11) is 0. The third kappa shape index (κ3) is 2.60. The van der Waals surface area contributed by atoms with Crippen LogP contribution in [-0.4, -0.2) is 35.7 Å². The van der Waals surface area contributed by atoms with Gasteiger partial charge in [0.1, 0.15) is 0 Å². The van der Waals surface area contributed by atoms with Crippen LogP contribution in [0.1, 0.15) is 17.9 Å². The monoisotopic (exact) mass is 216 g/mol. The van der Waals surface area contributed by atoms with E-state index in [-0.39, 0.29) is 12.0 Å². The predicted octanol–water partition coefficient (Wildman–Crippen LogP) is 1.36. The first-order valence-corrected chi connectivity index (χ1v) is 5.64. The van der Waals surface area contributed by atoms with Crippen molar-refractivity contribution in [3.63, 3.8) is 0 Å². The Bertz CT molecular complexity index is 371. The average Bonchev–Trinajstić information content (AvgIpc) is 2.73. The van der Waals surface area contributed by atoms with Crippen molar-refractivity contribution in [1.29, 1.82) is 5.26 Å². The van der Waals surface area contributed by atoms with Gasteiger partial charge in [-0.25, -0.2) is 0 Å². The zero-order chi connectivity index (χ0) is 11.4. The Morgan fingerprint density at radius 2 is 2.19 bits per heavy atom. The summed E-state index contributed by atoms with van der Waals surface area (Å²) in [6.45, 7) is 2.31. The zero-order valence-electron chi connectivity index (χ0n) is 9.21. The summed E-state index contributed by atoms with van der Waals surface area (Å²) in [5.74, 6) is -0.0912. The van der Waals surface area contributed by atoms with E-state index in [1.54, 1.807) is 0 Å². The molecule has 2 atom stereocenters. The van der Waals surface area contributed by atoms with Crippen molar-refractivity contribution < 1.29 is 5.11 Å². The lowest BCUT2D eigenvalue weighted by molar-refractivity contribution is 0.176. The number of rotatable bonds is 3. The Morgan fingerprint density at radius 3 is 2.75 bits per heavy atom. The second-order valence-electron chi connectivity index (χ2n) is 4.29. The van der Waals surface area contributed by atoms with Gasteiger partial charge in [-0.05, 0) is 12.0 Å². The van der Waals surface area contributed by atoms with Crippen molar-refractivity contribution in [2.45, 2.75) is 18.4 Å². The molecule has 0 aliphatic carbocycles. The molecular formula is C13H16N2O. The number of nitriles is 1. The van der Waals surface area contributed by atoms with Crippen LogP contribution in [0.2, 0.25) is 0 Å². The topological polar surface area (TPSA) is 47.3 Å². The van der Waals surface area contributed by atoms with Crippen LogP contribution in [0.5, 0.6) is 0 Å². The first-order chi connectivity index (χ1) is 7.79. The highest BCUT2D eigenvalue weighted by molar-refractivity contribution is 5.25. The molecule has 1 fully saturated rings. The van der Waals surface area contributed by atoms with Gasteiger partial charge in [-0.3, -0.25) is 4.90 Å². The Balaban J connectivity index is 1.99. The number of hydrogen-bond acceptors (Lipinski definition) is 3. The van der Waals surface area contributed by atoms with Crippen molar-refractivity contribution in [2.24, 2.45) is 0 Å². The van der Waals surface area contributed by atoms with E-state index < -0.39 is 0 Å². The van der Waals surface area contributed by atoms with Gasteiger partial charge in [0.25, 0.3) is 0 Å². The van der Waals surface area contributed by atoms with Crippen molar-refractivity contribution in [1.82, 2.24) is 4.90 Å². The highest BCUT2D eigenvalue weighted by Gasteiger charge is 2.23. The maximum atomic E-state index is 9.43. The third-order valence-electron chi connectivity index (χ3n) is 3.05. The fourth-order valence-corrected chi connectivity index (χ4v) is 2.14. The smallest absolute Gasteiger partial charge is 0.0839 e. The van der Waals surface area contributed by atoms with Gasteiger partial charge in [0.05, 0.1) is 18.1 Å². The van der Waals surface area contributed by atoms with E-state index in [9.17, 15) is 5.11 Å². The third-order valence-corrected chi connectivity index (χ3v) is 3.05. The molecule has 3 heteroatoms. The van der Waals surface area contributed by atoms with E-state index in [4.69, 9.17) is 5.26 Å². The highest BCUT2D eigenvalue weighted by atomic mass is 16.3.